The standard InChI is InChI=1S/C25H26N4O2/c26-24(31)25(15-7-8-16-25)27-22(30)14-13-21-18-29(17-19-9-3-1-4-10-19)28-23(21)20-11-5-2-6-12-20/h1-6,9-14,18H,7-8,15-17H2,(H2,26,31)(H,27,30). The highest BCUT2D eigenvalue weighted by atomic mass is 16.2. The predicted molar refractivity (Wildman–Crippen MR) is 121 cm³/mol. The maximum Gasteiger partial charge on any atom is 0.244 e. The molecule has 0 radical (unpaired) electrons. The Balaban J connectivity index is 1.58. The van der Waals surface area contributed by atoms with Gasteiger partial charge in [0.2, 0.25) is 11.8 Å². The second-order valence-electron chi connectivity index (χ2n) is 7.96. The molecule has 1 fully saturated rings. The number of hydrogen-bond donors (Lipinski definition) is 2. The number of nitrogens with two attached hydrogens (primary N) is 1. The van der Waals surface area contributed by atoms with Gasteiger partial charge in [-0.1, -0.05) is 73.5 Å². The van der Waals surface area contributed by atoms with Crippen LogP contribution < -0.4 is 11.1 Å². The Bertz CT molecular complexity index is 1080. The van der Waals surface area contributed by atoms with E-state index < -0.39 is 11.4 Å². The lowest BCUT2D eigenvalue weighted by atomic mass is 9.96. The number of nitrogens with zero attached hydrogens (tertiary/aromatic N) is 2. The summed E-state index contributed by atoms with van der Waals surface area (Å²) in [6, 6.07) is 20.0. The SMILES string of the molecule is NC(=O)C1(NC(=O)C=Cc2cn(Cc3ccccc3)nc2-c2ccccc2)CCCC1. The summed E-state index contributed by atoms with van der Waals surface area (Å²) in [6.45, 7) is 0.630. The number of primary amides is 1. The van der Waals surface area contributed by atoms with Gasteiger partial charge in [0.05, 0.1) is 12.2 Å². The highest BCUT2D eigenvalue weighted by Gasteiger charge is 2.40. The van der Waals surface area contributed by atoms with Crippen LogP contribution in [0.5, 0.6) is 0 Å². The summed E-state index contributed by atoms with van der Waals surface area (Å²) >= 11 is 0. The van der Waals surface area contributed by atoms with Crippen LogP contribution in [0.1, 0.15) is 36.8 Å². The third-order valence-corrected chi connectivity index (χ3v) is 5.73. The Kier molecular flexibility index (Phi) is 5.98. The van der Waals surface area contributed by atoms with Gasteiger partial charge in [-0.3, -0.25) is 14.3 Å². The van der Waals surface area contributed by atoms with Crippen LogP contribution in [0.3, 0.4) is 0 Å². The molecule has 0 aliphatic heterocycles. The fourth-order valence-electron chi connectivity index (χ4n) is 4.09. The highest BCUT2D eigenvalue weighted by molar-refractivity contribution is 5.97. The molecule has 6 heteroatoms. The Morgan fingerprint density at radius 2 is 1.68 bits per heavy atom. The number of rotatable bonds is 7. The lowest BCUT2D eigenvalue weighted by Crippen LogP contribution is -2.55. The lowest BCUT2D eigenvalue weighted by Gasteiger charge is -2.25. The van der Waals surface area contributed by atoms with Crippen LogP contribution in [-0.2, 0) is 16.1 Å². The summed E-state index contributed by atoms with van der Waals surface area (Å²) < 4.78 is 1.87. The van der Waals surface area contributed by atoms with Crippen molar-refractivity contribution in [2.45, 2.75) is 37.8 Å². The Morgan fingerprint density at radius 3 is 2.32 bits per heavy atom. The van der Waals surface area contributed by atoms with Crippen molar-refractivity contribution in [3.63, 3.8) is 0 Å². The smallest absolute Gasteiger partial charge is 0.244 e. The minimum atomic E-state index is -0.929. The molecule has 0 spiro atoms. The average Bonchev–Trinajstić information content (AvgIpc) is 3.41. The van der Waals surface area contributed by atoms with E-state index in [-0.39, 0.29) is 5.91 Å². The molecule has 1 heterocycles. The first kappa shape index (κ1) is 20.6. The van der Waals surface area contributed by atoms with Crippen molar-refractivity contribution in [2.75, 3.05) is 0 Å². The minimum Gasteiger partial charge on any atom is -0.368 e. The molecule has 6 nitrogen and oxygen atoms in total. The molecule has 1 aliphatic rings. The third-order valence-electron chi connectivity index (χ3n) is 5.73. The van der Waals surface area contributed by atoms with Crippen molar-refractivity contribution >= 4 is 17.9 Å². The molecule has 31 heavy (non-hydrogen) atoms. The van der Waals surface area contributed by atoms with Gasteiger partial charge in [0.25, 0.3) is 0 Å². The second-order valence-corrected chi connectivity index (χ2v) is 7.96. The number of amides is 2. The van der Waals surface area contributed by atoms with Crippen molar-refractivity contribution in [3.05, 3.63) is 84.1 Å². The van der Waals surface area contributed by atoms with Crippen molar-refractivity contribution in [3.8, 4) is 11.3 Å². The summed E-state index contributed by atoms with van der Waals surface area (Å²) in [5.41, 5.74) is 8.38. The first-order valence-corrected chi connectivity index (χ1v) is 10.5. The zero-order valence-electron chi connectivity index (χ0n) is 17.3. The molecule has 1 saturated carbocycles. The molecule has 0 atom stereocenters. The molecule has 0 bridgehead atoms. The van der Waals surface area contributed by atoms with Crippen molar-refractivity contribution < 1.29 is 9.59 Å². The van der Waals surface area contributed by atoms with E-state index in [2.05, 4.69) is 17.4 Å². The predicted octanol–water partition coefficient (Wildman–Crippen LogP) is 3.53. The number of carbonyl (C=O) groups excluding carboxylic acids is 2. The van der Waals surface area contributed by atoms with E-state index in [0.29, 0.717) is 19.4 Å². The topological polar surface area (TPSA) is 90.0 Å². The Morgan fingerprint density at radius 1 is 1.03 bits per heavy atom. The van der Waals surface area contributed by atoms with Crippen LogP contribution in [0.4, 0.5) is 0 Å². The molecule has 1 aliphatic carbocycles. The van der Waals surface area contributed by atoms with Crippen LogP contribution in [0.15, 0.2) is 72.9 Å². The van der Waals surface area contributed by atoms with E-state index in [4.69, 9.17) is 10.8 Å². The van der Waals surface area contributed by atoms with Gasteiger partial charge in [-0.25, -0.2) is 0 Å². The molecule has 3 N–H and O–H groups in total. The Hall–Kier alpha value is -3.67. The van der Waals surface area contributed by atoms with Gasteiger partial charge in [0.1, 0.15) is 5.54 Å². The number of aromatic nitrogens is 2. The average molecular weight is 415 g/mol. The van der Waals surface area contributed by atoms with Gasteiger partial charge < -0.3 is 11.1 Å². The van der Waals surface area contributed by atoms with Crippen molar-refractivity contribution in [1.82, 2.24) is 15.1 Å². The van der Waals surface area contributed by atoms with E-state index in [1.807, 2.05) is 59.4 Å². The first-order chi connectivity index (χ1) is 15.1. The van der Waals surface area contributed by atoms with Gasteiger partial charge in [-0.15, -0.1) is 0 Å². The molecule has 2 amide bonds. The first-order valence-electron chi connectivity index (χ1n) is 10.5. The summed E-state index contributed by atoms with van der Waals surface area (Å²) in [5, 5.41) is 7.60. The van der Waals surface area contributed by atoms with Crippen LogP contribution in [0.2, 0.25) is 0 Å². The fourth-order valence-corrected chi connectivity index (χ4v) is 4.09. The quantitative estimate of drug-likeness (QED) is 0.580. The maximum atomic E-state index is 12.6. The number of hydrogen-bond acceptors (Lipinski definition) is 3. The van der Waals surface area contributed by atoms with E-state index in [9.17, 15) is 9.59 Å². The van der Waals surface area contributed by atoms with Crippen LogP contribution >= 0.6 is 0 Å². The Labute approximate surface area is 181 Å². The monoisotopic (exact) mass is 414 g/mol. The number of nitrogens with one attached hydrogen (secondary N) is 1. The van der Waals surface area contributed by atoms with E-state index in [0.717, 1.165) is 35.2 Å². The highest BCUT2D eigenvalue weighted by Crippen LogP contribution is 2.29. The molecule has 3 aromatic rings. The van der Waals surface area contributed by atoms with E-state index in [1.54, 1.807) is 6.08 Å². The molecule has 0 unspecified atom stereocenters. The van der Waals surface area contributed by atoms with Crippen LogP contribution in [0.25, 0.3) is 17.3 Å². The van der Waals surface area contributed by atoms with Gasteiger partial charge in [0.15, 0.2) is 0 Å². The molecule has 158 valence electrons. The fraction of sp³-hybridized carbons (Fsp3) is 0.240. The summed E-state index contributed by atoms with van der Waals surface area (Å²) in [6.07, 6.45) is 8.08. The van der Waals surface area contributed by atoms with Gasteiger partial charge in [-0.2, -0.15) is 5.10 Å². The van der Waals surface area contributed by atoms with Crippen LogP contribution in [0, 0.1) is 0 Å². The van der Waals surface area contributed by atoms with Gasteiger partial charge >= 0.3 is 0 Å². The van der Waals surface area contributed by atoms with Crippen LogP contribution in [-0.4, -0.2) is 27.1 Å². The van der Waals surface area contributed by atoms with Gasteiger partial charge in [0, 0.05) is 23.4 Å². The largest absolute Gasteiger partial charge is 0.368 e. The summed E-state index contributed by atoms with van der Waals surface area (Å²) in [7, 11) is 0. The molecule has 0 saturated heterocycles. The molecular weight excluding hydrogens is 388 g/mol. The number of carbonyl (C=O) groups is 2. The zero-order valence-corrected chi connectivity index (χ0v) is 17.3. The maximum absolute atomic E-state index is 12.6. The lowest BCUT2D eigenvalue weighted by molar-refractivity contribution is -0.129. The molecule has 1 aromatic heterocycles. The zero-order chi connectivity index (χ0) is 21.7. The van der Waals surface area contributed by atoms with E-state index >= 15 is 0 Å². The van der Waals surface area contributed by atoms with Crippen molar-refractivity contribution in [2.24, 2.45) is 5.73 Å². The summed E-state index contributed by atoms with van der Waals surface area (Å²) in [4.78, 5) is 24.5. The normalized spacial score (nSPS) is 15.2. The molecule has 4 rings (SSSR count). The molecule has 2 aromatic carbocycles. The van der Waals surface area contributed by atoms with E-state index in [1.165, 1.54) is 6.08 Å². The molecular formula is C25H26N4O2. The second kappa shape index (κ2) is 9.00. The van der Waals surface area contributed by atoms with Gasteiger partial charge in [-0.05, 0) is 24.5 Å². The third kappa shape index (κ3) is 4.74. The minimum absolute atomic E-state index is 0.324. The summed E-state index contributed by atoms with van der Waals surface area (Å²) in [5.74, 6) is -0.789. The van der Waals surface area contributed by atoms with Crippen molar-refractivity contribution in [1.29, 1.82) is 0 Å². The number of benzene rings is 2.